The summed E-state index contributed by atoms with van der Waals surface area (Å²) in [6, 6.07) is 7.06. The van der Waals surface area contributed by atoms with Crippen LogP contribution in [0.5, 0.6) is 0 Å². The van der Waals surface area contributed by atoms with Gasteiger partial charge in [0.2, 0.25) is 0 Å². The Kier molecular flexibility index (Phi) is 6.26. The second kappa shape index (κ2) is 7.47. The van der Waals surface area contributed by atoms with Crippen molar-refractivity contribution in [2.24, 2.45) is 7.05 Å². The van der Waals surface area contributed by atoms with Gasteiger partial charge in [0.25, 0.3) is 5.56 Å². The van der Waals surface area contributed by atoms with Gasteiger partial charge in [0.15, 0.2) is 0 Å². The molecule has 1 N–H and O–H groups in total. The topological polar surface area (TPSA) is 58.4 Å². The maximum absolute atomic E-state index is 11.6. The molecule has 0 bridgehead atoms. The van der Waals surface area contributed by atoms with Gasteiger partial charge in [0.05, 0.1) is 6.61 Å². The number of nitrogens with zero attached hydrogens (tertiary/aromatic N) is 3. The lowest BCUT2D eigenvalue weighted by atomic mass is 10.2. The van der Waals surface area contributed by atoms with E-state index in [0.717, 1.165) is 5.39 Å². The van der Waals surface area contributed by atoms with Gasteiger partial charge in [0.1, 0.15) is 11.5 Å². The van der Waals surface area contributed by atoms with Crippen LogP contribution < -0.4 is 10.5 Å². The third kappa shape index (κ3) is 3.42. The van der Waals surface area contributed by atoms with Crippen molar-refractivity contribution in [2.75, 3.05) is 30.5 Å². The Bertz CT molecular complexity index is 625. The number of aromatic nitrogens is 2. The highest BCUT2D eigenvalue weighted by molar-refractivity contribution is 6.18. The van der Waals surface area contributed by atoms with Crippen LogP contribution in [0.15, 0.2) is 29.1 Å². The van der Waals surface area contributed by atoms with Crippen LogP contribution in [-0.4, -0.2) is 40.2 Å². The van der Waals surface area contributed by atoms with Crippen LogP contribution in [0.1, 0.15) is 0 Å². The summed E-state index contributed by atoms with van der Waals surface area (Å²) in [5.41, 5.74) is 0.533. The summed E-state index contributed by atoms with van der Waals surface area (Å²) >= 11 is 5.75. The van der Waals surface area contributed by atoms with E-state index in [2.05, 4.69) is 4.98 Å². The Morgan fingerprint density at radius 3 is 2.65 bits per heavy atom. The van der Waals surface area contributed by atoms with E-state index < -0.39 is 0 Å². The molecule has 0 unspecified atom stereocenters. The van der Waals surface area contributed by atoms with Crippen molar-refractivity contribution in [1.29, 1.82) is 0 Å². The predicted molar refractivity (Wildman–Crippen MR) is 84.3 cm³/mol. The summed E-state index contributed by atoms with van der Waals surface area (Å²) in [4.78, 5) is 18.0. The number of aryl methyl sites for hydroxylation is 1. The lowest BCUT2D eigenvalue weighted by Gasteiger charge is -2.22. The third-order valence-corrected chi connectivity index (χ3v) is 3.16. The number of aliphatic hydroxyl groups excluding tert-OH is 1. The Morgan fingerprint density at radius 1 is 1.30 bits per heavy atom. The lowest BCUT2D eigenvalue weighted by Crippen LogP contribution is -2.29. The van der Waals surface area contributed by atoms with Gasteiger partial charge in [0, 0.05) is 37.5 Å². The summed E-state index contributed by atoms with van der Waals surface area (Å²) in [5, 5.41) is 9.97. The molecule has 2 aromatic rings. The smallest absolute Gasteiger partial charge is 0.251 e. The van der Waals surface area contributed by atoms with E-state index in [1.54, 1.807) is 13.1 Å². The number of hydrogen-bond donors (Lipinski definition) is 1. The fraction of sp³-hybridized carbons (Fsp3) is 0.385. The first-order chi connectivity index (χ1) is 9.17. The number of aliphatic hydroxyl groups is 1. The Hall–Kier alpha value is -1.30. The third-order valence-electron chi connectivity index (χ3n) is 2.99. The van der Waals surface area contributed by atoms with Gasteiger partial charge >= 0.3 is 0 Å². The van der Waals surface area contributed by atoms with Crippen LogP contribution in [0.2, 0.25) is 0 Å². The van der Waals surface area contributed by atoms with Crippen molar-refractivity contribution in [3.63, 3.8) is 0 Å². The number of hydrogen-bond acceptors (Lipinski definition) is 4. The number of anilines is 1. The first kappa shape index (κ1) is 16.8. The molecule has 2 rings (SSSR count). The quantitative estimate of drug-likeness (QED) is 0.847. The predicted octanol–water partition coefficient (Wildman–Crippen LogP) is 1.39. The van der Waals surface area contributed by atoms with Crippen LogP contribution in [0.3, 0.4) is 0 Å². The molecule has 7 heteroatoms. The van der Waals surface area contributed by atoms with Crippen molar-refractivity contribution in [3.8, 4) is 0 Å². The Morgan fingerprint density at radius 2 is 2.00 bits per heavy atom. The molecule has 0 saturated heterocycles. The molecule has 0 fully saturated rings. The van der Waals surface area contributed by atoms with Gasteiger partial charge in [-0.25, -0.2) is 4.98 Å². The average Bonchev–Trinajstić information content (AvgIpc) is 2.42. The van der Waals surface area contributed by atoms with Gasteiger partial charge in [-0.15, -0.1) is 24.0 Å². The molecule has 20 heavy (non-hydrogen) atoms. The summed E-state index contributed by atoms with van der Waals surface area (Å²) in [7, 11) is 1.69. The first-order valence-corrected chi connectivity index (χ1v) is 6.59. The summed E-state index contributed by atoms with van der Waals surface area (Å²) in [6.45, 7) is 1.09. The van der Waals surface area contributed by atoms with Crippen LogP contribution in [0.25, 0.3) is 11.0 Å². The standard InChI is InChI=1S/C13H16ClN3O2.ClH/c1-16-12(19)5-3-10-2-4-11(15-13(10)16)17(7-6-14)8-9-18;/h2-5,18H,6-9H2,1H3;1H. The van der Waals surface area contributed by atoms with Crippen LogP contribution in [-0.2, 0) is 7.05 Å². The molecule has 5 nitrogen and oxygen atoms in total. The maximum Gasteiger partial charge on any atom is 0.251 e. The zero-order valence-electron chi connectivity index (χ0n) is 11.1. The minimum Gasteiger partial charge on any atom is -0.395 e. The molecular weight excluding hydrogens is 301 g/mol. The van der Waals surface area contributed by atoms with E-state index in [4.69, 9.17) is 16.7 Å². The largest absolute Gasteiger partial charge is 0.395 e. The number of rotatable bonds is 5. The molecule has 0 amide bonds. The Labute approximate surface area is 128 Å². The number of fused-ring (bicyclic) bond motifs is 1. The second-order valence-corrected chi connectivity index (χ2v) is 4.59. The van der Waals surface area contributed by atoms with Crippen molar-refractivity contribution in [3.05, 3.63) is 34.6 Å². The molecule has 2 heterocycles. The molecule has 0 aliphatic rings. The first-order valence-electron chi connectivity index (χ1n) is 6.06. The molecule has 110 valence electrons. The van der Waals surface area contributed by atoms with Crippen molar-refractivity contribution in [2.45, 2.75) is 0 Å². The van der Waals surface area contributed by atoms with Gasteiger partial charge in [-0.05, 0) is 18.2 Å². The molecular formula is C13H17Cl2N3O2. The molecule has 0 aliphatic carbocycles. The van der Waals surface area contributed by atoms with E-state index in [0.29, 0.717) is 30.4 Å². The lowest BCUT2D eigenvalue weighted by molar-refractivity contribution is 0.302. The van der Waals surface area contributed by atoms with E-state index >= 15 is 0 Å². The summed E-state index contributed by atoms with van der Waals surface area (Å²) in [6.07, 6.45) is 0. The zero-order chi connectivity index (χ0) is 13.8. The SMILES string of the molecule is Cl.Cn1c(=O)ccc2ccc(N(CCO)CCCl)nc21. The van der Waals surface area contributed by atoms with Gasteiger partial charge in [-0.2, -0.15) is 0 Å². The van der Waals surface area contributed by atoms with Gasteiger partial charge in [-0.1, -0.05) is 0 Å². The zero-order valence-corrected chi connectivity index (χ0v) is 12.7. The second-order valence-electron chi connectivity index (χ2n) is 4.21. The van der Waals surface area contributed by atoms with E-state index in [1.807, 2.05) is 17.0 Å². The molecule has 0 radical (unpaired) electrons. The monoisotopic (exact) mass is 317 g/mol. The maximum atomic E-state index is 11.6. The van der Waals surface area contributed by atoms with Crippen LogP contribution in [0.4, 0.5) is 5.82 Å². The minimum absolute atomic E-state index is 0. The fourth-order valence-electron chi connectivity index (χ4n) is 1.96. The Balaban J connectivity index is 0.00000200. The van der Waals surface area contributed by atoms with E-state index in [1.165, 1.54) is 10.6 Å². The number of alkyl halides is 1. The summed E-state index contributed by atoms with van der Waals surface area (Å²) in [5.74, 6) is 1.16. The number of pyridine rings is 2. The summed E-state index contributed by atoms with van der Waals surface area (Å²) < 4.78 is 1.51. The fourth-order valence-corrected chi connectivity index (χ4v) is 2.17. The highest BCUT2D eigenvalue weighted by atomic mass is 35.5. The number of halogens is 2. The average molecular weight is 318 g/mol. The van der Waals surface area contributed by atoms with Gasteiger partial charge in [-0.3, -0.25) is 9.36 Å². The molecule has 0 saturated carbocycles. The molecule has 2 aromatic heterocycles. The molecule has 0 atom stereocenters. The highest BCUT2D eigenvalue weighted by Gasteiger charge is 2.09. The minimum atomic E-state index is -0.0943. The van der Waals surface area contributed by atoms with Crippen LogP contribution >= 0.6 is 24.0 Å². The molecule has 0 aliphatic heterocycles. The van der Waals surface area contributed by atoms with Crippen LogP contribution in [0, 0.1) is 0 Å². The van der Waals surface area contributed by atoms with Crippen molar-refractivity contribution >= 4 is 40.9 Å². The van der Waals surface area contributed by atoms with Crippen molar-refractivity contribution < 1.29 is 5.11 Å². The van der Waals surface area contributed by atoms with E-state index in [-0.39, 0.29) is 24.6 Å². The van der Waals surface area contributed by atoms with E-state index in [9.17, 15) is 4.79 Å². The molecule has 0 aromatic carbocycles. The normalized spacial score (nSPS) is 10.3. The van der Waals surface area contributed by atoms with Crippen molar-refractivity contribution in [1.82, 2.24) is 9.55 Å². The molecule has 0 spiro atoms. The van der Waals surface area contributed by atoms with Gasteiger partial charge < -0.3 is 10.0 Å². The highest BCUT2D eigenvalue weighted by Crippen LogP contribution is 2.16.